The van der Waals surface area contributed by atoms with Crippen LogP contribution in [0.3, 0.4) is 0 Å². The zero-order valence-electron chi connectivity index (χ0n) is 16.9. The first-order valence-corrected chi connectivity index (χ1v) is 10.6. The fourth-order valence-corrected chi connectivity index (χ4v) is 4.21. The number of carbonyl (C=O) groups is 2. The fraction of sp³-hybridized carbons (Fsp3) is 0.636. The number of benzene rings is 1. The summed E-state index contributed by atoms with van der Waals surface area (Å²) in [4.78, 5) is 29.4. The second-order valence-electron chi connectivity index (χ2n) is 7.73. The standard InChI is InChI=1S/C22H33N3O3/c1-2-28-21(26)17-25(22(27)20-9-6-13-23-20)19-11-15-24(16-12-19)14-10-18-7-4-3-5-8-18/h3-5,7-8,19-20,23H,2,6,9-17H2,1H3/t20-/m0/s1. The molecule has 1 N–H and O–H groups in total. The highest BCUT2D eigenvalue weighted by Crippen LogP contribution is 2.20. The van der Waals surface area contributed by atoms with Gasteiger partial charge in [-0.1, -0.05) is 30.3 Å². The topological polar surface area (TPSA) is 61.9 Å². The molecule has 6 heteroatoms. The largest absolute Gasteiger partial charge is 0.465 e. The summed E-state index contributed by atoms with van der Waals surface area (Å²) in [5.41, 5.74) is 1.36. The highest BCUT2D eigenvalue weighted by molar-refractivity contribution is 5.86. The van der Waals surface area contributed by atoms with E-state index in [0.29, 0.717) is 6.61 Å². The molecule has 0 aromatic heterocycles. The number of esters is 1. The Morgan fingerprint density at radius 2 is 1.93 bits per heavy atom. The molecule has 154 valence electrons. The van der Waals surface area contributed by atoms with Crippen molar-refractivity contribution in [2.24, 2.45) is 0 Å². The van der Waals surface area contributed by atoms with E-state index in [4.69, 9.17) is 4.74 Å². The second-order valence-corrected chi connectivity index (χ2v) is 7.73. The Kier molecular flexibility index (Phi) is 7.86. The lowest BCUT2D eigenvalue weighted by molar-refractivity contribution is -0.151. The molecular formula is C22H33N3O3. The highest BCUT2D eigenvalue weighted by atomic mass is 16.5. The molecular weight excluding hydrogens is 354 g/mol. The van der Waals surface area contributed by atoms with Crippen molar-refractivity contribution in [1.82, 2.24) is 15.1 Å². The van der Waals surface area contributed by atoms with Gasteiger partial charge in [0.15, 0.2) is 0 Å². The maximum atomic E-state index is 13.0. The third-order valence-electron chi connectivity index (χ3n) is 5.80. The first kappa shape index (κ1) is 20.8. The quantitative estimate of drug-likeness (QED) is 0.690. The molecule has 0 bridgehead atoms. The van der Waals surface area contributed by atoms with E-state index in [1.165, 1.54) is 5.56 Å². The van der Waals surface area contributed by atoms with Crippen LogP contribution in [0.25, 0.3) is 0 Å². The first-order chi connectivity index (χ1) is 13.7. The molecule has 1 amide bonds. The van der Waals surface area contributed by atoms with Crippen LogP contribution >= 0.6 is 0 Å². The van der Waals surface area contributed by atoms with E-state index in [9.17, 15) is 9.59 Å². The number of carbonyl (C=O) groups excluding carboxylic acids is 2. The zero-order chi connectivity index (χ0) is 19.8. The number of hydrogen-bond acceptors (Lipinski definition) is 5. The van der Waals surface area contributed by atoms with Crippen LogP contribution in [-0.2, 0) is 20.7 Å². The maximum Gasteiger partial charge on any atom is 0.325 e. The molecule has 2 aliphatic rings. The van der Waals surface area contributed by atoms with Crippen LogP contribution in [0.4, 0.5) is 0 Å². The molecule has 0 radical (unpaired) electrons. The smallest absolute Gasteiger partial charge is 0.325 e. The SMILES string of the molecule is CCOC(=O)CN(C(=O)[C@@H]1CCCN1)C1CCN(CCc2ccccc2)CC1. The summed E-state index contributed by atoms with van der Waals surface area (Å²) in [6.07, 6.45) is 4.73. The molecule has 3 rings (SSSR count). The Labute approximate surface area is 168 Å². The second kappa shape index (κ2) is 10.6. The molecule has 1 aromatic carbocycles. The van der Waals surface area contributed by atoms with Crippen molar-refractivity contribution in [3.63, 3.8) is 0 Å². The summed E-state index contributed by atoms with van der Waals surface area (Å²) in [6, 6.07) is 10.5. The van der Waals surface area contributed by atoms with E-state index in [-0.39, 0.29) is 30.5 Å². The van der Waals surface area contributed by atoms with Gasteiger partial charge in [-0.25, -0.2) is 0 Å². The molecule has 28 heavy (non-hydrogen) atoms. The van der Waals surface area contributed by atoms with Crippen molar-refractivity contribution >= 4 is 11.9 Å². The van der Waals surface area contributed by atoms with Crippen molar-refractivity contribution in [1.29, 1.82) is 0 Å². The van der Waals surface area contributed by atoms with Gasteiger partial charge >= 0.3 is 5.97 Å². The van der Waals surface area contributed by atoms with Crippen LogP contribution in [0.5, 0.6) is 0 Å². The monoisotopic (exact) mass is 387 g/mol. The summed E-state index contributed by atoms with van der Waals surface area (Å²) in [7, 11) is 0. The van der Waals surface area contributed by atoms with Crippen LogP contribution in [0.2, 0.25) is 0 Å². The summed E-state index contributed by atoms with van der Waals surface area (Å²) in [6.45, 7) is 6.05. The van der Waals surface area contributed by atoms with Gasteiger partial charge in [0.2, 0.25) is 5.91 Å². The molecule has 1 aromatic rings. The van der Waals surface area contributed by atoms with Gasteiger partial charge in [0, 0.05) is 25.7 Å². The maximum absolute atomic E-state index is 13.0. The van der Waals surface area contributed by atoms with Crippen LogP contribution in [-0.4, -0.2) is 73.1 Å². The lowest BCUT2D eigenvalue weighted by Crippen LogP contribution is -2.54. The number of nitrogens with zero attached hydrogens (tertiary/aromatic N) is 2. The van der Waals surface area contributed by atoms with Gasteiger partial charge in [-0.05, 0) is 51.1 Å². The van der Waals surface area contributed by atoms with Crippen molar-refractivity contribution in [3.05, 3.63) is 35.9 Å². The Morgan fingerprint density at radius 3 is 2.57 bits per heavy atom. The number of likely N-dealkylation sites (tertiary alicyclic amines) is 1. The molecule has 2 aliphatic heterocycles. The third kappa shape index (κ3) is 5.79. The molecule has 0 saturated carbocycles. The van der Waals surface area contributed by atoms with E-state index in [1.807, 2.05) is 6.07 Å². The van der Waals surface area contributed by atoms with Crippen molar-refractivity contribution in [2.45, 2.75) is 51.1 Å². The van der Waals surface area contributed by atoms with Gasteiger partial charge in [-0.15, -0.1) is 0 Å². The van der Waals surface area contributed by atoms with E-state index < -0.39 is 0 Å². The molecule has 0 unspecified atom stereocenters. The summed E-state index contributed by atoms with van der Waals surface area (Å²) < 4.78 is 5.12. The van der Waals surface area contributed by atoms with Crippen LogP contribution in [0, 0.1) is 0 Å². The predicted molar refractivity (Wildman–Crippen MR) is 109 cm³/mol. The minimum Gasteiger partial charge on any atom is -0.465 e. The van der Waals surface area contributed by atoms with E-state index in [1.54, 1.807) is 11.8 Å². The average molecular weight is 388 g/mol. The first-order valence-electron chi connectivity index (χ1n) is 10.6. The van der Waals surface area contributed by atoms with Crippen LogP contribution in [0.1, 0.15) is 38.2 Å². The summed E-state index contributed by atoms with van der Waals surface area (Å²) in [5, 5.41) is 3.27. The number of nitrogens with one attached hydrogen (secondary N) is 1. The number of rotatable bonds is 8. The van der Waals surface area contributed by atoms with Gasteiger partial charge in [-0.3, -0.25) is 9.59 Å². The molecule has 2 fully saturated rings. The summed E-state index contributed by atoms with van der Waals surface area (Å²) >= 11 is 0. The predicted octanol–water partition coefficient (Wildman–Crippen LogP) is 1.84. The third-order valence-corrected chi connectivity index (χ3v) is 5.80. The van der Waals surface area contributed by atoms with Gasteiger partial charge in [0.25, 0.3) is 0 Å². The normalized spacial score (nSPS) is 20.8. The van der Waals surface area contributed by atoms with Crippen molar-refractivity contribution < 1.29 is 14.3 Å². The zero-order valence-corrected chi connectivity index (χ0v) is 16.9. The van der Waals surface area contributed by atoms with Gasteiger partial charge in [0.1, 0.15) is 6.54 Å². The van der Waals surface area contributed by atoms with E-state index in [0.717, 1.165) is 58.3 Å². The number of ether oxygens (including phenoxy) is 1. The molecule has 1 atom stereocenters. The van der Waals surface area contributed by atoms with Crippen molar-refractivity contribution in [3.8, 4) is 0 Å². The summed E-state index contributed by atoms with van der Waals surface area (Å²) in [5.74, 6) is -0.242. The number of piperidine rings is 1. The Morgan fingerprint density at radius 1 is 1.18 bits per heavy atom. The number of amides is 1. The van der Waals surface area contributed by atoms with Crippen LogP contribution in [0.15, 0.2) is 30.3 Å². The highest BCUT2D eigenvalue weighted by Gasteiger charge is 2.34. The van der Waals surface area contributed by atoms with Gasteiger partial charge in [-0.2, -0.15) is 0 Å². The average Bonchev–Trinajstić information content (AvgIpc) is 3.26. The molecule has 6 nitrogen and oxygen atoms in total. The van der Waals surface area contributed by atoms with Crippen molar-refractivity contribution in [2.75, 3.05) is 39.3 Å². The molecule has 0 spiro atoms. The molecule has 0 aliphatic carbocycles. The molecule has 2 heterocycles. The van der Waals surface area contributed by atoms with E-state index in [2.05, 4.69) is 34.5 Å². The lowest BCUT2D eigenvalue weighted by Gasteiger charge is -2.39. The lowest BCUT2D eigenvalue weighted by atomic mass is 10.0. The van der Waals surface area contributed by atoms with Crippen LogP contribution < -0.4 is 5.32 Å². The Balaban J connectivity index is 1.53. The number of hydrogen-bond donors (Lipinski definition) is 1. The Hall–Kier alpha value is -1.92. The fourth-order valence-electron chi connectivity index (χ4n) is 4.21. The van der Waals surface area contributed by atoms with Gasteiger partial charge in [0.05, 0.1) is 12.6 Å². The van der Waals surface area contributed by atoms with Gasteiger partial charge < -0.3 is 19.9 Å². The minimum absolute atomic E-state index is 0.0632. The van der Waals surface area contributed by atoms with E-state index >= 15 is 0 Å². The Bertz CT molecular complexity index is 623. The molecule has 2 saturated heterocycles. The minimum atomic E-state index is -0.305.